The number of benzene rings is 3. The summed E-state index contributed by atoms with van der Waals surface area (Å²) >= 11 is 0. The summed E-state index contributed by atoms with van der Waals surface area (Å²) in [6, 6.07) is 16.1. The molecule has 1 N–H and O–H groups in total. The Kier molecular flexibility index (Phi) is 5.87. The number of methoxy groups -OCH3 is 2. The van der Waals surface area contributed by atoms with Crippen LogP contribution in [-0.2, 0) is 9.59 Å². The number of imide groups is 1. The van der Waals surface area contributed by atoms with Gasteiger partial charge in [-0.25, -0.2) is 9.29 Å². The van der Waals surface area contributed by atoms with Crippen LogP contribution in [0.25, 0.3) is 5.57 Å². The third-order valence-electron chi connectivity index (χ3n) is 5.49. The number of nitrogens with one attached hydrogen (secondary N) is 1. The maximum Gasteiger partial charge on any atom is 0.282 e. The van der Waals surface area contributed by atoms with Gasteiger partial charge in [-0.2, -0.15) is 0 Å². The first-order valence-electron chi connectivity index (χ1n) is 10.3. The smallest absolute Gasteiger partial charge is 0.282 e. The van der Waals surface area contributed by atoms with Crippen LogP contribution in [0.1, 0.15) is 16.7 Å². The van der Waals surface area contributed by atoms with Crippen LogP contribution in [0.3, 0.4) is 0 Å². The van der Waals surface area contributed by atoms with Gasteiger partial charge >= 0.3 is 0 Å². The Morgan fingerprint density at radius 2 is 1.58 bits per heavy atom. The van der Waals surface area contributed by atoms with Gasteiger partial charge in [0.25, 0.3) is 11.8 Å². The molecule has 0 spiro atoms. The van der Waals surface area contributed by atoms with Gasteiger partial charge in [0.05, 0.1) is 25.5 Å². The molecule has 1 heterocycles. The molecule has 7 heteroatoms. The first-order valence-corrected chi connectivity index (χ1v) is 10.3. The number of amides is 2. The van der Waals surface area contributed by atoms with Crippen LogP contribution in [0, 0.1) is 19.7 Å². The first-order chi connectivity index (χ1) is 15.8. The minimum absolute atomic E-state index is 0.100. The van der Waals surface area contributed by atoms with Gasteiger partial charge in [0, 0.05) is 11.8 Å². The lowest BCUT2D eigenvalue weighted by atomic mass is 10.0. The Bertz CT molecular complexity index is 1280. The molecule has 1 aliphatic rings. The van der Waals surface area contributed by atoms with Crippen molar-refractivity contribution >= 4 is 28.8 Å². The zero-order chi connectivity index (χ0) is 23.7. The average molecular weight is 446 g/mol. The van der Waals surface area contributed by atoms with Crippen molar-refractivity contribution in [3.8, 4) is 11.5 Å². The lowest BCUT2D eigenvalue weighted by Crippen LogP contribution is -2.32. The first kappa shape index (κ1) is 22.1. The van der Waals surface area contributed by atoms with Crippen LogP contribution >= 0.6 is 0 Å². The molecule has 0 atom stereocenters. The highest BCUT2D eigenvalue weighted by molar-refractivity contribution is 6.46. The number of ether oxygens (including phenoxy) is 2. The van der Waals surface area contributed by atoms with E-state index in [0.29, 0.717) is 22.7 Å². The van der Waals surface area contributed by atoms with Crippen molar-refractivity contribution in [1.29, 1.82) is 0 Å². The molecule has 0 aromatic heterocycles. The number of anilines is 2. The van der Waals surface area contributed by atoms with Gasteiger partial charge in [-0.3, -0.25) is 9.59 Å². The molecule has 0 saturated carbocycles. The van der Waals surface area contributed by atoms with E-state index in [1.807, 2.05) is 32.0 Å². The third-order valence-corrected chi connectivity index (χ3v) is 5.49. The fourth-order valence-corrected chi connectivity index (χ4v) is 3.81. The van der Waals surface area contributed by atoms with Crippen molar-refractivity contribution < 1.29 is 23.5 Å². The molecule has 3 aromatic carbocycles. The zero-order valence-electron chi connectivity index (χ0n) is 18.7. The van der Waals surface area contributed by atoms with E-state index in [1.165, 1.54) is 38.5 Å². The highest BCUT2D eigenvalue weighted by atomic mass is 19.1. The number of nitrogens with zero attached hydrogens (tertiary/aromatic N) is 1. The normalized spacial score (nSPS) is 13.5. The van der Waals surface area contributed by atoms with Gasteiger partial charge in [0.2, 0.25) is 0 Å². The van der Waals surface area contributed by atoms with E-state index < -0.39 is 17.6 Å². The van der Waals surface area contributed by atoms with Gasteiger partial charge in [0.15, 0.2) is 0 Å². The summed E-state index contributed by atoms with van der Waals surface area (Å²) in [5.74, 6) is -0.739. The Morgan fingerprint density at radius 1 is 0.848 bits per heavy atom. The lowest BCUT2D eigenvalue weighted by molar-refractivity contribution is -0.120. The summed E-state index contributed by atoms with van der Waals surface area (Å²) in [4.78, 5) is 28.3. The fraction of sp³-hybridized carbons (Fsp3) is 0.154. The van der Waals surface area contributed by atoms with Gasteiger partial charge in [-0.1, -0.05) is 29.8 Å². The van der Waals surface area contributed by atoms with E-state index in [-0.39, 0.29) is 17.0 Å². The van der Waals surface area contributed by atoms with Crippen molar-refractivity contribution in [2.24, 2.45) is 0 Å². The summed E-state index contributed by atoms with van der Waals surface area (Å²) in [6.45, 7) is 3.89. The summed E-state index contributed by atoms with van der Waals surface area (Å²) in [5.41, 5.74) is 3.60. The number of hydrogen-bond acceptors (Lipinski definition) is 5. The molecule has 6 nitrogen and oxygen atoms in total. The van der Waals surface area contributed by atoms with Crippen molar-refractivity contribution in [3.05, 3.63) is 88.9 Å². The van der Waals surface area contributed by atoms with Gasteiger partial charge in [-0.15, -0.1) is 0 Å². The largest absolute Gasteiger partial charge is 0.497 e. The molecule has 4 rings (SSSR count). The number of rotatable bonds is 6. The molecular weight excluding hydrogens is 423 g/mol. The SMILES string of the molecule is COc1ccc(OC)c(N2C(=O)C(Nc3ccc(C)cc3C)=C(c3ccc(F)cc3)C2=O)c1. The van der Waals surface area contributed by atoms with Gasteiger partial charge in [-0.05, 0) is 55.3 Å². The minimum Gasteiger partial charge on any atom is -0.497 e. The van der Waals surface area contributed by atoms with E-state index in [4.69, 9.17) is 9.47 Å². The summed E-state index contributed by atoms with van der Waals surface area (Å²) in [7, 11) is 2.95. The van der Waals surface area contributed by atoms with Crippen LogP contribution in [0.4, 0.5) is 15.8 Å². The second kappa shape index (κ2) is 8.78. The van der Waals surface area contributed by atoms with Crippen molar-refractivity contribution in [1.82, 2.24) is 0 Å². The minimum atomic E-state index is -0.551. The van der Waals surface area contributed by atoms with Crippen molar-refractivity contribution in [2.75, 3.05) is 24.4 Å². The molecule has 0 bridgehead atoms. The van der Waals surface area contributed by atoms with Crippen LogP contribution in [-0.4, -0.2) is 26.0 Å². The molecule has 0 aliphatic carbocycles. The van der Waals surface area contributed by atoms with E-state index >= 15 is 0 Å². The predicted molar refractivity (Wildman–Crippen MR) is 125 cm³/mol. The molecule has 0 radical (unpaired) electrons. The van der Waals surface area contributed by atoms with Crippen molar-refractivity contribution in [2.45, 2.75) is 13.8 Å². The quantitative estimate of drug-likeness (QED) is 0.548. The highest BCUT2D eigenvalue weighted by Crippen LogP contribution is 2.39. The maximum atomic E-state index is 13.6. The third kappa shape index (κ3) is 4.05. The van der Waals surface area contributed by atoms with E-state index in [1.54, 1.807) is 18.2 Å². The van der Waals surface area contributed by atoms with Crippen LogP contribution in [0.2, 0.25) is 0 Å². The average Bonchev–Trinajstić information content (AvgIpc) is 3.05. The number of hydrogen-bond donors (Lipinski definition) is 1. The Labute approximate surface area is 191 Å². The number of halogens is 1. The zero-order valence-corrected chi connectivity index (χ0v) is 18.7. The Morgan fingerprint density at radius 3 is 2.21 bits per heavy atom. The molecule has 33 heavy (non-hydrogen) atoms. The molecule has 2 amide bonds. The Hall–Kier alpha value is -4.13. The van der Waals surface area contributed by atoms with Crippen LogP contribution < -0.4 is 19.7 Å². The molecule has 3 aromatic rings. The summed E-state index contributed by atoms with van der Waals surface area (Å²) in [5, 5.41) is 3.15. The van der Waals surface area contributed by atoms with Crippen molar-refractivity contribution in [3.63, 3.8) is 0 Å². The standard InChI is InChI=1S/C26H23FN2O4/c1-15-5-11-20(16(2)13-15)28-24-23(17-6-8-18(27)9-7-17)25(30)29(26(24)31)21-14-19(32-3)10-12-22(21)33-4/h5-14,28H,1-4H3. The second-order valence-corrected chi connectivity index (χ2v) is 7.68. The van der Waals surface area contributed by atoms with E-state index in [9.17, 15) is 14.0 Å². The van der Waals surface area contributed by atoms with Gasteiger partial charge in [0.1, 0.15) is 23.0 Å². The number of carbonyl (C=O) groups excluding carboxylic acids is 2. The summed E-state index contributed by atoms with van der Waals surface area (Å²) < 4.78 is 24.3. The monoisotopic (exact) mass is 446 g/mol. The van der Waals surface area contributed by atoms with Crippen LogP contribution in [0.15, 0.2) is 66.4 Å². The van der Waals surface area contributed by atoms with Gasteiger partial charge < -0.3 is 14.8 Å². The lowest BCUT2D eigenvalue weighted by Gasteiger charge is -2.19. The molecule has 1 aliphatic heterocycles. The van der Waals surface area contributed by atoms with E-state index in [0.717, 1.165) is 16.0 Å². The number of aryl methyl sites for hydroxylation is 2. The Balaban J connectivity index is 1.87. The molecule has 0 saturated heterocycles. The predicted octanol–water partition coefficient (Wildman–Crippen LogP) is 4.86. The van der Waals surface area contributed by atoms with Crippen LogP contribution in [0.5, 0.6) is 11.5 Å². The topological polar surface area (TPSA) is 67.9 Å². The highest BCUT2D eigenvalue weighted by Gasteiger charge is 2.41. The summed E-state index contributed by atoms with van der Waals surface area (Å²) in [6.07, 6.45) is 0. The second-order valence-electron chi connectivity index (χ2n) is 7.68. The molecule has 168 valence electrons. The van der Waals surface area contributed by atoms with E-state index in [2.05, 4.69) is 5.32 Å². The fourth-order valence-electron chi connectivity index (χ4n) is 3.81. The molecule has 0 fully saturated rings. The molecular formula is C26H23FN2O4. The number of carbonyl (C=O) groups is 2. The molecule has 0 unspecified atom stereocenters. The maximum absolute atomic E-state index is 13.6.